The molecule has 1 amide bonds. The zero-order valence-corrected chi connectivity index (χ0v) is 20.2. The molecule has 0 aromatic carbocycles. The fourth-order valence-electron chi connectivity index (χ4n) is 4.15. The third-order valence-corrected chi connectivity index (χ3v) is 7.04. The Morgan fingerprint density at radius 3 is 2.79 bits per heavy atom. The first kappa shape index (κ1) is 23.1. The molecule has 3 aromatic rings. The predicted molar refractivity (Wildman–Crippen MR) is 125 cm³/mol. The highest BCUT2D eigenvalue weighted by Gasteiger charge is 2.24. The molecule has 0 spiro atoms. The lowest BCUT2D eigenvalue weighted by Crippen LogP contribution is -2.22. The number of nitriles is 1. The number of amides is 1. The normalized spacial score (nSPS) is 15.7. The number of carbonyl (C=O) groups is 1. The van der Waals surface area contributed by atoms with Gasteiger partial charge >= 0.3 is 0 Å². The zero-order valence-electron chi connectivity index (χ0n) is 19.3. The minimum absolute atomic E-state index is 0.0972. The van der Waals surface area contributed by atoms with Crippen LogP contribution in [0.1, 0.15) is 42.3 Å². The second-order valence-corrected chi connectivity index (χ2v) is 9.01. The summed E-state index contributed by atoms with van der Waals surface area (Å²) in [5, 5.41) is 21.9. The van der Waals surface area contributed by atoms with Crippen LogP contribution in [-0.4, -0.2) is 43.7 Å². The molecule has 1 N–H and O–H groups in total. The summed E-state index contributed by atoms with van der Waals surface area (Å²) >= 11 is 1.32. The second kappa shape index (κ2) is 9.85. The minimum Gasteiger partial charge on any atom is -0.469 e. The number of rotatable bonds is 8. The quantitative estimate of drug-likeness (QED) is 0.496. The summed E-state index contributed by atoms with van der Waals surface area (Å²) in [5.74, 6) is 1.98. The number of furan rings is 1. The van der Waals surface area contributed by atoms with E-state index in [2.05, 4.69) is 21.6 Å². The van der Waals surface area contributed by atoms with Crippen molar-refractivity contribution in [2.24, 2.45) is 0 Å². The van der Waals surface area contributed by atoms with Gasteiger partial charge in [-0.15, -0.1) is 10.2 Å². The molecular weight excluding hydrogens is 440 g/mol. The van der Waals surface area contributed by atoms with Gasteiger partial charge in [-0.1, -0.05) is 11.8 Å². The standard InChI is InChI=1S/C23H28N6O3S/c1-5-28-22(18-8-10-31-16(18)4)26-27-23(28)33-13-20(30)25-21-19(11-24)14(2)15(3)29(21)12-17-7-6-9-32-17/h8,10,17H,5-7,9,12-13H2,1-4H3,(H,25,30). The van der Waals surface area contributed by atoms with Gasteiger partial charge < -0.3 is 23.6 Å². The first-order valence-corrected chi connectivity index (χ1v) is 12.0. The summed E-state index contributed by atoms with van der Waals surface area (Å²) in [6.45, 7) is 9.81. The number of anilines is 1. The molecule has 0 bridgehead atoms. The predicted octanol–water partition coefficient (Wildman–Crippen LogP) is 4.07. The Morgan fingerprint density at radius 1 is 1.33 bits per heavy atom. The third kappa shape index (κ3) is 4.56. The molecule has 1 aliphatic heterocycles. The maximum atomic E-state index is 12.9. The van der Waals surface area contributed by atoms with Crippen LogP contribution in [0.3, 0.4) is 0 Å². The number of ether oxygens (including phenoxy) is 1. The summed E-state index contributed by atoms with van der Waals surface area (Å²) in [4.78, 5) is 12.9. The van der Waals surface area contributed by atoms with Gasteiger partial charge in [-0.2, -0.15) is 5.26 Å². The second-order valence-electron chi connectivity index (χ2n) is 8.07. The molecule has 1 atom stereocenters. The first-order chi connectivity index (χ1) is 15.9. The lowest BCUT2D eigenvalue weighted by atomic mass is 10.2. The van der Waals surface area contributed by atoms with E-state index in [9.17, 15) is 10.1 Å². The van der Waals surface area contributed by atoms with Gasteiger partial charge in [-0.05, 0) is 52.2 Å². The van der Waals surface area contributed by atoms with Gasteiger partial charge in [0.2, 0.25) is 5.91 Å². The summed E-state index contributed by atoms with van der Waals surface area (Å²) in [7, 11) is 0. The highest BCUT2D eigenvalue weighted by atomic mass is 32.2. The van der Waals surface area contributed by atoms with Crippen LogP contribution in [0.5, 0.6) is 0 Å². The van der Waals surface area contributed by atoms with Crippen molar-refractivity contribution in [1.82, 2.24) is 19.3 Å². The van der Waals surface area contributed by atoms with Crippen LogP contribution in [0.15, 0.2) is 21.9 Å². The van der Waals surface area contributed by atoms with Crippen LogP contribution < -0.4 is 5.32 Å². The SMILES string of the molecule is CCn1c(SCC(=O)Nc2c(C#N)c(C)c(C)n2CC2CCCO2)nnc1-c1ccoc1C. The number of aryl methyl sites for hydroxylation is 1. The van der Waals surface area contributed by atoms with Gasteiger partial charge in [0, 0.05) is 18.8 Å². The number of thioether (sulfide) groups is 1. The van der Waals surface area contributed by atoms with Crippen LogP contribution in [0.4, 0.5) is 5.82 Å². The summed E-state index contributed by atoms with van der Waals surface area (Å²) in [5.41, 5.74) is 3.23. The Bertz CT molecular complexity index is 1200. The van der Waals surface area contributed by atoms with Crippen LogP contribution in [0, 0.1) is 32.1 Å². The van der Waals surface area contributed by atoms with Crippen molar-refractivity contribution in [3.05, 3.63) is 34.9 Å². The van der Waals surface area contributed by atoms with Crippen LogP contribution in [-0.2, 0) is 22.6 Å². The maximum absolute atomic E-state index is 12.9. The summed E-state index contributed by atoms with van der Waals surface area (Å²) < 4.78 is 15.1. The average Bonchev–Trinajstić information content (AvgIpc) is 3.58. The molecule has 4 rings (SSSR count). The van der Waals surface area contributed by atoms with Gasteiger partial charge in [0.25, 0.3) is 0 Å². The highest BCUT2D eigenvalue weighted by Crippen LogP contribution is 2.30. The third-order valence-electron chi connectivity index (χ3n) is 6.07. The van der Waals surface area contributed by atoms with Gasteiger partial charge in [-0.25, -0.2) is 0 Å². The van der Waals surface area contributed by atoms with E-state index in [0.29, 0.717) is 29.6 Å². The average molecular weight is 469 g/mol. The van der Waals surface area contributed by atoms with E-state index < -0.39 is 0 Å². The summed E-state index contributed by atoms with van der Waals surface area (Å²) in [6.07, 6.45) is 3.74. The Labute approximate surface area is 197 Å². The molecule has 1 fully saturated rings. The first-order valence-electron chi connectivity index (χ1n) is 11.1. The van der Waals surface area contributed by atoms with Gasteiger partial charge in [-0.3, -0.25) is 4.79 Å². The van der Waals surface area contributed by atoms with Gasteiger partial charge in [0.15, 0.2) is 11.0 Å². The zero-order chi connectivity index (χ0) is 23.5. The van der Waals surface area contributed by atoms with E-state index in [-0.39, 0.29) is 17.8 Å². The molecule has 3 aromatic heterocycles. The maximum Gasteiger partial charge on any atom is 0.235 e. The fourth-order valence-corrected chi connectivity index (χ4v) is 4.95. The number of hydrogen-bond acceptors (Lipinski definition) is 7. The Morgan fingerprint density at radius 2 is 2.15 bits per heavy atom. The Balaban J connectivity index is 1.50. The minimum atomic E-state index is -0.200. The molecule has 33 heavy (non-hydrogen) atoms. The van der Waals surface area contributed by atoms with Crippen molar-refractivity contribution >= 4 is 23.5 Å². The van der Waals surface area contributed by atoms with Crippen molar-refractivity contribution in [3.63, 3.8) is 0 Å². The van der Waals surface area contributed by atoms with Crippen molar-refractivity contribution in [3.8, 4) is 17.5 Å². The molecule has 0 saturated carbocycles. The Hall–Kier alpha value is -3.03. The molecule has 9 nitrogen and oxygen atoms in total. The lowest BCUT2D eigenvalue weighted by molar-refractivity contribution is -0.113. The fraction of sp³-hybridized carbons (Fsp3) is 0.478. The van der Waals surface area contributed by atoms with E-state index in [1.165, 1.54) is 11.8 Å². The van der Waals surface area contributed by atoms with E-state index in [1.54, 1.807) is 6.26 Å². The molecule has 174 valence electrons. The molecular formula is C23H28N6O3S. The molecule has 10 heteroatoms. The molecule has 4 heterocycles. The van der Waals surface area contributed by atoms with E-state index in [0.717, 1.165) is 47.9 Å². The number of nitrogens with one attached hydrogen (secondary N) is 1. The monoisotopic (exact) mass is 468 g/mol. The van der Waals surface area contributed by atoms with Crippen molar-refractivity contribution in [2.75, 3.05) is 17.7 Å². The molecule has 1 saturated heterocycles. The molecule has 0 radical (unpaired) electrons. The highest BCUT2D eigenvalue weighted by molar-refractivity contribution is 7.99. The van der Waals surface area contributed by atoms with Gasteiger partial charge in [0.1, 0.15) is 17.6 Å². The van der Waals surface area contributed by atoms with E-state index in [4.69, 9.17) is 9.15 Å². The van der Waals surface area contributed by atoms with Crippen molar-refractivity contribution < 1.29 is 13.9 Å². The number of carbonyl (C=O) groups excluding carboxylic acids is 1. The number of nitrogens with zero attached hydrogens (tertiary/aromatic N) is 5. The smallest absolute Gasteiger partial charge is 0.235 e. The number of hydrogen-bond donors (Lipinski definition) is 1. The van der Waals surface area contributed by atoms with Crippen molar-refractivity contribution in [1.29, 1.82) is 5.26 Å². The summed E-state index contributed by atoms with van der Waals surface area (Å²) in [6, 6.07) is 4.12. The van der Waals surface area contributed by atoms with Crippen LogP contribution in [0.2, 0.25) is 0 Å². The van der Waals surface area contributed by atoms with E-state index in [1.807, 2.05) is 42.9 Å². The van der Waals surface area contributed by atoms with E-state index >= 15 is 0 Å². The molecule has 1 aliphatic rings. The topological polar surface area (TPSA) is 111 Å². The van der Waals surface area contributed by atoms with Crippen LogP contribution >= 0.6 is 11.8 Å². The molecule has 0 aliphatic carbocycles. The Kier molecular flexibility index (Phi) is 6.91. The molecule has 1 unspecified atom stereocenters. The van der Waals surface area contributed by atoms with Crippen molar-refractivity contribution in [2.45, 2.75) is 64.9 Å². The lowest BCUT2D eigenvalue weighted by Gasteiger charge is -2.16. The van der Waals surface area contributed by atoms with Gasteiger partial charge in [0.05, 0.1) is 35.8 Å². The largest absolute Gasteiger partial charge is 0.469 e. The number of aromatic nitrogens is 4. The van der Waals surface area contributed by atoms with Crippen LogP contribution in [0.25, 0.3) is 11.4 Å².